The van der Waals surface area contributed by atoms with Crippen LogP contribution in [0.2, 0.25) is 0 Å². The summed E-state index contributed by atoms with van der Waals surface area (Å²) >= 11 is 0. The third kappa shape index (κ3) is 3.28. The van der Waals surface area contributed by atoms with Gasteiger partial charge < -0.3 is 11.1 Å². The van der Waals surface area contributed by atoms with E-state index in [0.717, 1.165) is 6.07 Å². The summed E-state index contributed by atoms with van der Waals surface area (Å²) in [6.07, 6.45) is 2.89. The van der Waals surface area contributed by atoms with Crippen molar-refractivity contribution in [2.24, 2.45) is 5.73 Å². The molecule has 0 unspecified atom stereocenters. The molecule has 2 aromatic rings. The van der Waals surface area contributed by atoms with Gasteiger partial charge in [0.15, 0.2) is 11.6 Å². The van der Waals surface area contributed by atoms with Crippen LogP contribution in [0.4, 0.5) is 18.9 Å². The van der Waals surface area contributed by atoms with Gasteiger partial charge in [-0.3, -0.25) is 9.48 Å². The van der Waals surface area contributed by atoms with Gasteiger partial charge in [-0.15, -0.1) is 0 Å². The molecule has 8 heteroatoms. The van der Waals surface area contributed by atoms with Crippen molar-refractivity contribution < 1.29 is 18.0 Å². The van der Waals surface area contributed by atoms with Crippen molar-refractivity contribution in [3.05, 3.63) is 47.5 Å². The van der Waals surface area contributed by atoms with Crippen LogP contribution in [0.25, 0.3) is 0 Å². The molecule has 106 valence electrons. The molecule has 0 aliphatic rings. The van der Waals surface area contributed by atoms with E-state index in [9.17, 15) is 18.0 Å². The van der Waals surface area contributed by atoms with Crippen molar-refractivity contribution in [3.63, 3.8) is 0 Å². The van der Waals surface area contributed by atoms with E-state index in [2.05, 4.69) is 10.4 Å². The van der Waals surface area contributed by atoms with E-state index in [-0.39, 0.29) is 18.7 Å². The first-order valence-corrected chi connectivity index (χ1v) is 5.64. The Morgan fingerprint density at radius 2 is 1.95 bits per heavy atom. The van der Waals surface area contributed by atoms with Gasteiger partial charge in [-0.05, 0) is 6.07 Å². The molecule has 0 radical (unpaired) electrons. The van der Waals surface area contributed by atoms with Gasteiger partial charge in [0.2, 0.25) is 5.91 Å². The third-order valence-corrected chi connectivity index (χ3v) is 2.52. The van der Waals surface area contributed by atoms with Gasteiger partial charge in [-0.2, -0.15) is 5.10 Å². The highest BCUT2D eigenvalue weighted by molar-refractivity contribution is 5.73. The lowest BCUT2D eigenvalue weighted by Crippen LogP contribution is -2.18. The molecule has 0 fully saturated rings. The molecule has 1 aromatic heterocycles. The second-order valence-corrected chi connectivity index (χ2v) is 4.10. The monoisotopic (exact) mass is 284 g/mol. The molecular formula is C12H11F3N4O. The van der Waals surface area contributed by atoms with E-state index >= 15 is 0 Å². The summed E-state index contributed by atoms with van der Waals surface area (Å²) in [5, 5.41) is 6.63. The molecule has 0 aliphatic carbocycles. The zero-order chi connectivity index (χ0) is 14.7. The maximum Gasteiger partial charge on any atom is 0.239 e. The van der Waals surface area contributed by atoms with Crippen molar-refractivity contribution in [2.45, 2.75) is 13.1 Å². The first kappa shape index (κ1) is 13.9. The van der Waals surface area contributed by atoms with Gasteiger partial charge in [-0.25, -0.2) is 13.2 Å². The van der Waals surface area contributed by atoms with Crippen molar-refractivity contribution >= 4 is 11.6 Å². The molecule has 1 amide bonds. The summed E-state index contributed by atoms with van der Waals surface area (Å²) in [4.78, 5) is 10.7. The second kappa shape index (κ2) is 5.64. The van der Waals surface area contributed by atoms with Crippen LogP contribution in [-0.2, 0) is 17.9 Å². The van der Waals surface area contributed by atoms with Crippen LogP contribution >= 0.6 is 0 Å². The Kier molecular flexibility index (Phi) is 3.92. The number of halogens is 3. The van der Waals surface area contributed by atoms with Gasteiger partial charge in [0.25, 0.3) is 0 Å². The maximum absolute atomic E-state index is 13.4. The van der Waals surface area contributed by atoms with Crippen LogP contribution in [-0.4, -0.2) is 15.7 Å². The molecule has 0 saturated carbocycles. The topological polar surface area (TPSA) is 72.9 Å². The van der Waals surface area contributed by atoms with Crippen molar-refractivity contribution in [2.75, 3.05) is 5.32 Å². The minimum absolute atomic E-state index is 0.0217. The van der Waals surface area contributed by atoms with Gasteiger partial charge in [0.05, 0.1) is 11.9 Å². The smallest absolute Gasteiger partial charge is 0.239 e. The number of rotatable bonds is 5. The van der Waals surface area contributed by atoms with Crippen LogP contribution in [0.5, 0.6) is 0 Å². The molecule has 0 saturated heterocycles. The third-order valence-electron chi connectivity index (χ3n) is 2.52. The fourth-order valence-corrected chi connectivity index (χ4v) is 1.60. The second-order valence-electron chi connectivity index (χ2n) is 4.10. The molecule has 0 atom stereocenters. The Bertz CT molecular complexity index is 642. The summed E-state index contributed by atoms with van der Waals surface area (Å²) in [5.74, 6) is -3.75. The summed E-state index contributed by atoms with van der Waals surface area (Å²) in [6.45, 7) is -0.132. The fraction of sp³-hybridized carbons (Fsp3) is 0.167. The highest BCUT2D eigenvalue weighted by Crippen LogP contribution is 2.15. The Labute approximate surface area is 112 Å². The zero-order valence-electron chi connectivity index (χ0n) is 10.2. The Balaban J connectivity index is 2.03. The average molecular weight is 284 g/mol. The largest absolute Gasteiger partial charge is 0.378 e. The SMILES string of the molecule is NC(=O)Cn1cc(NCc2cc(F)c(F)cc2F)cn1. The van der Waals surface area contributed by atoms with E-state index in [1.807, 2.05) is 0 Å². The Morgan fingerprint density at radius 3 is 2.65 bits per heavy atom. The van der Waals surface area contributed by atoms with Crippen molar-refractivity contribution in [3.8, 4) is 0 Å². The lowest BCUT2D eigenvalue weighted by Gasteiger charge is -2.05. The fourth-order valence-electron chi connectivity index (χ4n) is 1.60. The lowest BCUT2D eigenvalue weighted by molar-refractivity contribution is -0.118. The molecule has 0 bridgehead atoms. The molecule has 5 nitrogen and oxygen atoms in total. The predicted molar refractivity (Wildman–Crippen MR) is 65.1 cm³/mol. The number of benzene rings is 1. The number of amides is 1. The number of aromatic nitrogens is 2. The normalized spacial score (nSPS) is 10.6. The van der Waals surface area contributed by atoms with Crippen LogP contribution in [0.1, 0.15) is 5.56 Å². The van der Waals surface area contributed by atoms with Crippen LogP contribution in [0.15, 0.2) is 24.5 Å². The van der Waals surface area contributed by atoms with Crippen LogP contribution < -0.4 is 11.1 Å². The van der Waals surface area contributed by atoms with E-state index in [0.29, 0.717) is 11.8 Å². The zero-order valence-corrected chi connectivity index (χ0v) is 10.2. The van der Waals surface area contributed by atoms with E-state index < -0.39 is 23.4 Å². The number of hydrogen-bond acceptors (Lipinski definition) is 3. The number of nitrogens with one attached hydrogen (secondary N) is 1. The van der Waals surface area contributed by atoms with E-state index in [1.54, 1.807) is 0 Å². The number of primary amides is 1. The van der Waals surface area contributed by atoms with Crippen molar-refractivity contribution in [1.82, 2.24) is 9.78 Å². The summed E-state index contributed by atoms with van der Waals surface area (Å²) < 4.78 is 40.4. The standard InChI is InChI=1S/C12H11F3N4O/c13-9-2-11(15)10(14)1-7(9)3-17-8-4-18-19(5-8)6-12(16)20/h1-2,4-5,17H,3,6H2,(H2,16,20). The minimum Gasteiger partial charge on any atom is -0.378 e. The Morgan fingerprint density at radius 1 is 1.25 bits per heavy atom. The maximum atomic E-state index is 13.4. The van der Waals surface area contributed by atoms with Crippen LogP contribution in [0.3, 0.4) is 0 Å². The average Bonchev–Trinajstić information content (AvgIpc) is 2.79. The Hall–Kier alpha value is -2.51. The van der Waals surface area contributed by atoms with Gasteiger partial charge in [0, 0.05) is 24.4 Å². The first-order valence-electron chi connectivity index (χ1n) is 5.64. The highest BCUT2D eigenvalue weighted by atomic mass is 19.2. The highest BCUT2D eigenvalue weighted by Gasteiger charge is 2.10. The molecule has 2 rings (SSSR count). The van der Waals surface area contributed by atoms with Gasteiger partial charge in [0.1, 0.15) is 12.4 Å². The lowest BCUT2D eigenvalue weighted by atomic mass is 10.2. The van der Waals surface area contributed by atoms with Gasteiger partial charge in [-0.1, -0.05) is 0 Å². The van der Waals surface area contributed by atoms with Crippen molar-refractivity contribution in [1.29, 1.82) is 0 Å². The summed E-state index contributed by atoms with van der Waals surface area (Å²) in [6, 6.07) is 1.27. The molecular weight excluding hydrogens is 273 g/mol. The number of carbonyl (C=O) groups is 1. The molecule has 1 aromatic carbocycles. The number of nitrogens with two attached hydrogens (primary N) is 1. The molecule has 1 heterocycles. The molecule has 0 spiro atoms. The molecule has 3 N–H and O–H groups in total. The first-order chi connectivity index (χ1) is 9.45. The number of nitrogens with zero attached hydrogens (tertiary/aromatic N) is 2. The molecule has 20 heavy (non-hydrogen) atoms. The number of anilines is 1. The predicted octanol–water partition coefficient (Wildman–Crippen LogP) is 1.40. The van der Waals surface area contributed by atoms with E-state index in [1.165, 1.54) is 17.1 Å². The van der Waals surface area contributed by atoms with Gasteiger partial charge >= 0.3 is 0 Å². The number of hydrogen-bond donors (Lipinski definition) is 2. The summed E-state index contributed by atoms with van der Waals surface area (Å²) in [5.41, 5.74) is 5.48. The van der Waals surface area contributed by atoms with E-state index in [4.69, 9.17) is 5.73 Å². The minimum atomic E-state index is -1.24. The number of carbonyl (C=O) groups excluding carboxylic acids is 1. The quantitative estimate of drug-likeness (QED) is 0.815. The molecule has 0 aliphatic heterocycles. The summed E-state index contributed by atoms with van der Waals surface area (Å²) in [7, 11) is 0. The van der Waals surface area contributed by atoms with Crippen LogP contribution in [0, 0.1) is 17.5 Å².